The Balaban J connectivity index is 0.00000112. The van der Waals surface area contributed by atoms with Gasteiger partial charge in [0, 0.05) is 4.90 Å². The Morgan fingerprint density at radius 3 is 2.40 bits per heavy atom. The molecule has 4 heteroatoms. The highest BCUT2D eigenvalue weighted by molar-refractivity contribution is 7.99. The van der Waals surface area contributed by atoms with Crippen LogP contribution < -0.4 is 28.5 Å². The molecule has 0 aliphatic heterocycles. The second-order valence-electron chi connectivity index (χ2n) is 3.22. The van der Waals surface area contributed by atoms with E-state index in [0.29, 0.717) is 0 Å². The largest absolute Gasteiger partial charge is 1.00 e. The number of aromatic nitrogens is 2. The van der Waals surface area contributed by atoms with Crippen LogP contribution in [0.2, 0.25) is 0 Å². The van der Waals surface area contributed by atoms with E-state index in [2.05, 4.69) is 59.9 Å². The topological polar surface area (TPSA) is 8.81 Å². The van der Waals surface area contributed by atoms with Crippen LogP contribution in [0.4, 0.5) is 0 Å². The summed E-state index contributed by atoms with van der Waals surface area (Å²) in [5.41, 5.74) is 0. The van der Waals surface area contributed by atoms with Crippen molar-refractivity contribution in [1.82, 2.24) is 4.57 Å². The molecule has 0 amide bonds. The zero-order valence-electron chi connectivity index (χ0n) is 8.72. The molecule has 2 aromatic rings. The molecule has 0 spiro atoms. The van der Waals surface area contributed by atoms with Gasteiger partial charge in [-0.1, -0.05) is 18.2 Å². The first-order chi connectivity index (χ1) is 6.77. The van der Waals surface area contributed by atoms with Gasteiger partial charge >= 0.3 is 5.16 Å². The average molecular weight is 332 g/mol. The molecule has 0 aliphatic rings. The monoisotopic (exact) mass is 332 g/mol. The molecule has 0 saturated carbocycles. The van der Waals surface area contributed by atoms with Crippen molar-refractivity contribution in [3.63, 3.8) is 0 Å². The SMILES string of the molecule is Cn1cc[n+](C)c1Sc1ccccc1.[I-]. The zero-order valence-corrected chi connectivity index (χ0v) is 11.7. The van der Waals surface area contributed by atoms with Gasteiger partial charge in [0.2, 0.25) is 0 Å². The highest BCUT2D eigenvalue weighted by atomic mass is 127. The predicted molar refractivity (Wildman–Crippen MR) is 57.2 cm³/mol. The first-order valence-corrected chi connectivity index (χ1v) is 5.33. The van der Waals surface area contributed by atoms with Gasteiger partial charge in [0.15, 0.2) is 0 Å². The summed E-state index contributed by atoms with van der Waals surface area (Å²) in [6.07, 6.45) is 4.12. The molecule has 1 aromatic carbocycles. The van der Waals surface area contributed by atoms with Crippen molar-refractivity contribution in [2.24, 2.45) is 14.1 Å². The summed E-state index contributed by atoms with van der Waals surface area (Å²) in [6.45, 7) is 0. The first-order valence-electron chi connectivity index (χ1n) is 4.51. The maximum Gasteiger partial charge on any atom is 0.322 e. The Morgan fingerprint density at radius 1 is 1.20 bits per heavy atom. The lowest BCUT2D eigenvalue weighted by atomic mass is 10.4. The Morgan fingerprint density at radius 2 is 1.87 bits per heavy atom. The van der Waals surface area contributed by atoms with Gasteiger partial charge in [-0.2, -0.15) is 0 Å². The Bertz CT molecular complexity index is 406. The van der Waals surface area contributed by atoms with Crippen LogP contribution in [0, 0.1) is 0 Å². The fourth-order valence-electron chi connectivity index (χ4n) is 1.31. The summed E-state index contributed by atoms with van der Waals surface area (Å²) in [5.74, 6) is 0. The molecule has 0 fully saturated rings. The quantitative estimate of drug-likeness (QED) is 0.507. The number of nitrogens with zero attached hydrogens (tertiary/aromatic N) is 2. The highest BCUT2D eigenvalue weighted by Crippen LogP contribution is 2.23. The molecule has 2 rings (SSSR count). The van der Waals surface area contributed by atoms with E-state index < -0.39 is 0 Å². The van der Waals surface area contributed by atoms with E-state index in [0.717, 1.165) is 0 Å². The van der Waals surface area contributed by atoms with Crippen molar-refractivity contribution in [3.05, 3.63) is 42.7 Å². The van der Waals surface area contributed by atoms with E-state index in [1.165, 1.54) is 10.1 Å². The van der Waals surface area contributed by atoms with Gasteiger partial charge in [-0.25, -0.2) is 9.13 Å². The summed E-state index contributed by atoms with van der Waals surface area (Å²) in [7, 11) is 4.12. The summed E-state index contributed by atoms with van der Waals surface area (Å²) in [5, 5.41) is 1.23. The summed E-state index contributed by atoms with van der Waals surface area (Å²) in [4.78, 5) is 1.27. The molecule has 0 N–H and O–H groups in total. The number of benzene rings is 1. The van der Waals surface area contributed by atoms with Gasteiger partial charge in [0.1, 0.15) is 12.4 Å². The third-order valence-corrected chi connectivity index (χ3v) is 3.34. The van der Waals surface area contributed by atoms with E-state index in [1.807, 2.05) is 6.07 Å². The zero-order chi connectivity index (χ0) is 9.97. The fourth-order valence-corrected chi connectivity index (χ4v) is 2.23. The Kier molecular flexibility index (Phi) is 4.66. The molecular weight excluding hydrogens is 319 g/mol. The summed E-state index contributed by atoms with van der Waals surface area (Å²) in [6, 6.07) is 10.4. The second kappa shape index (κ2) is 5.55. The molecule has 0 unspecified atom stereocenters. The molecule has 15 heavy (non-hydrogen) atoms. The molecule has 2 nitrogen and oxygen atoms in total. The van der Waals surface area contributed by atoms with Crippen LogP contribution in [0.5, 0.6) is 0 Å². The van der Waals surface area contributed by atoms with Crippen LogP contribution in [0.3, 0.4) is 0 Å². The van der Waals surface area contributed by atoms with Crippen LogP contribution in [0.25, 0.3) is 0 Å². The second-order valence-corrected chi connectivity index (χ2v) is 4.26. The maximum atomic E-state index is 2.12. The van der Waals surface area contributed by atoms with E-state index in [9.17, 15) is 0 Å². The van der Waals surface area contributed by atoms with Gasteiger partial charge in [-0.15, -0.1) is 0 Å². The minimum absolute atomic E-state index is 0. The van der Waals surface area contributed by atoms with E-state index in [-0.39, 0.29) is 24.0 Å². The predicted octanol–water partition coefficient (Wildman–Crippen LogP) is -0.995. The van der Waals surface area contributed by atoms with Crippen LogP contribution in [-0.4, -0.2) is 4.57 Å². The summed E-state index contributed by atoms with van der Waals surface area (Å²) < 4.78 is 4.25. The maximum absolute atomic E-state index is 2.12. The fraction of sp³-hybridized carbons (Fsp3) is 0.182. The third kappa shape index (κ3) is 2.98. The highest BCUT2D eigenvalue weighted by Gasteiger charge is 2.12. The number of aryl methyl sites for hydroxylation is 2. The molecule has 1 heterocycles. The van der Waals surface area contributed by atoms with Gasteiger partial charge in [0.05, 0.1) is 14.1 Å². The number of rotatable bonds is 2. The van der Waals surface area contributed by atoms with Crippen molar-refractivity contribution in [2.45, 2.75) is 10.1 Å². The Labute approximate surface area is 111 Å². The van der Waals surface area contributed by atoms with Crippen molar-refractivity contribution in [1.29, 1.82) is 0 Å². The first kappa shape index (κ1) is 12.6. The molecule has 0 bridgehead atoms. The normalized spacial score (nSPS) is 9.73. The molecule has 0 radical (unpaired) electrons. The van der Waals surface area contributed by atoms with Gasteiger partial charge in [0.25, 0.3) is 0 Å². The molecule has 0 atom stereocenters. The average Bonchev–Trinajstić information content (AvgIpc) is 2.51. The summed E-state index contributed by atoms with van der Waals surface area (Å²) >= 11 is 1.77. The van der Waals surface area contributed by atoms with Gasteiger partial charge < -0.3 is 24.0 Å². The van der Waals surface area contributed by atoms with Crippen molar-refractivity contribution < 1.29 is 28.5 Å². The smallest absolute Gasteiger partial charge is 0.322 e. The molecule has 80 valence electrons. The number of hydrogen-bond acceptors (Lipinski definition) is 1. The Hall–Kier alpha value is -0.490. The standard InChI is InChI=1S/C11H13N2S.HI/c1-12-8-9-13(2)11(12)14-10-6-4-3-5-7-10;/h3-9H,1-2H3;1H/q+1;/p-1. The molecular formula is C11H13IN2S. The van der Waals surface area contributed by atoms with E-state index >= 15 is 0 Å². The number of halogens is 1. The minimum Gasteiger partial charge on any atom is -1.00 e. The van der Waals surface area contributed by atoms with E-state index in [1.54, 1.807) is 11.8 Å². The van der Waals surface area contributed by atoms with Crippen molar-refractivity contribution >= 4 is 11.8 Å². The van der Waals surface area contributed by atoms with Crippen LogP contribution in [0.15, 0.2) is 52.8 Å². The van der Waals surface area contributed by atoms with Gasteiger partial charge in [-0.05, 0) is 23.9 Å². The van der Waals surface area contributed by atoms with Crippen LogP contribution >= 0.6 is 11.8 Å². The minimum atomic E-state index is 0. The van der Waals surface area contributed by atoms with Crippen LogP contribution in [0.1, 0.15) is 0 Å². The third-order valence-electron chi connectivity index (χ3n) is 2.07. The lowest BCUT2D eigenvalue weighted by Crippen LogP contribution is -3.00. The molecule has 0 aliphatic carbocycles. The lowest BCUT2D eigenvalue weighted by molar-refractivity contribution is -0.709. The molecule has 1 aromatic heterocycles. The molecule has 0 saturated heterocycles. The number of imidazole rings is 1. The van der Waals surface area contributed by atoms with E-state index in [4.69, 9.17) is 0 Å². The number of hydrogen-bond donors (Lipinski definition) is 0. The van der Waals surface area contributed by atoms with Crippen molar-refractivity contribution in [3.8, 4) is 0 Å². The van der Waals surface area contributed by atoms with Crippen LogP contribution in [-0.2, 0) is 14.1 Å². The lowest BCUT2D eigenvalue weighted by Gasteiger charge is -1.97. The van der Waals surface area contributed by atoms with Crippen molar-refractivity contribution in [2.75, 3.05) is 0 Å². The van der Waals surface area contributed by atoms with Gasteiger partial charge in [-0.3, -0.25) is 0 Å².